The number of carbonyl (C=O) groups is 3. The van der Waals surface area contributed by atoms with Crippen LogP contribution in [0, 0.1) is 5.92 Å². The molecule has 1 aliphatic carbocycles. The fraction of sp³-hybridized carbons (Fsp3) is 0.450. The predicted molar refractivity (Wildman–Crippen MR) is 93.6 cm³/mol. The maximum absolute atomic E-state index is 12.3. The van der Waals surface area contributed by atoms with Crippen molar-refractivity contribution in [1.82, 2.24) is 0 Å². The van der Waals surface area contributed by atoms with Crippen molar-refractivity contribution in [3.8, 4) is 0 Å². The second-order valence-electron chi connectivity index (χ2n) is 6.57. The molecule has 25 heavy (non-hydrogen) atoms. The molecule has 1 aliphatic heterocycles. The number of hydrogen-bond donors (Lipinski definition) is 0. The molecule has 0 unspecified atom stereocenters. The van der Waals surface area contributed by atoms with Crippen LogP contribution in [0.4, 0.5) is 0 Å². The van der Waals surface area contributed by atoms with Gasteiger partial charge in [-0.05, 0) is 39.3 Å². The molecular formula is C20H24O5. The maximum Gasteiger partial charge on any atom is 0.334 e. The average Bonchev–Trinajstić information content (AvgIpc) is 2.84. The topological polar surface area (TPSA) is 69.7 Å². The first-order chi connectivity index (χ1) is 11.7. The summed E-state index contributed by atoms with van der Waals surface area (Å²) in [7, 11) is 0. The van der Waals surface area contributed by atoms with Crippen LogP contribution < -0.4 is 0 Å². The zero-order valence-corrected chi connectivity index (χ0v) is 15.1. The molecule has 5 heteroatoms. The van der Waals surface area contributed by atoms with Crippen LogP contribution in [0.3, 0.4) is 0 Å². The summed E-state index contributed by atoms with van der Waals surface area (Å²) in [5, 5.41) is 0. The number of ketones is 1. The SMILES string of the molecule is C=C1C(=O)O[C@H]2/C=C(/C)C(=O)C/C=C(/C)C[C@@H](OC(=O)/C(C)=C/C)[C@@H]12. The van der Waals surface area contributed by atoms with Gasteiger partial charge in [0.15, 0.2) is 5.78 Å². The molecule has 0 aromatic carbocycles. The van der Waals surface area contributed by atoms with Crippen LogP contribution in [0.2, 0.25) is 0 Å². The summed E-state index contributed by atoms with van der Waals surface area (Å²) in [5.41, 5.74) is 2.21. The van der Waals surface area contributed by atoms with Gasteiger partial charge in [0.25, 0.3) is 0 Å². The number of Topliss-reactive ketones (excluding diaryl/α,β-unsaturated/α-hetero) is 1. The van der Waals surface area contributed by atoms with Crippen LogP contribution >= 0.6 is 0 Å². The zero-order chi connectivity index (χ0) is 18.7. The Labute approximate surface area is 148 Å². The highest BCUT2D eigenvalue weighted by molar-refractivity contribution is 5.96. The summed E-state index contributed by atoms with van der Waals surface area (Å²) in [6.07, 6.45) is 4.61. The smallest absolute Gasteiger partial charge is 0.334 e. The van der Waals surface area contributed by atoms with Crippen LogP contribution in [0.5, 0.6) is 0 Å². The Morgan fingerprint density at radius 2 is 2.04 bits per heavy atom. The molecule has 134 valence electrons. The molecule has 0 aromatic heterocycles. The van der Waals surface area contributed by atoms with Crippen LogP contribution in [0.1, 0.15) is 40.5 Å². The number of ether oxygens (including phenoxy) is 2. The Hall–Kier alpha value is -2.43. The minimum Gasteiger partial charge on any atom is -0.458 e. The lowest BCUT2D eigenvalue weighted by Gasteiger charge is -2.27. The van der Waals surface area contributed by atoms with Crippen molar-refractivity contribution in [3.63, 3.8) is 0 Å². The number of hydrogen-bond acceptors (Lipinski definition) is 5. The van der Waals surface area contributed by atoms with Crippen molar-refractivity contribution in [1.29, 1.82) is 0 Å². The Morgan fingerprint density at radius 1 is 1.36 bits per heavy atom. The molecule has 0 spiro atoms. The molecular weight excluding hydrogens is 320 g/mol. The quantitative estimate of drug-likeness (QED) is 0.437. The highest BCUT2D eigenvalue weighted by atomic mass is 16.6. The van der Waals surface area contributed by atoms with Crippen LogP contribution in [0.25, 0.3) is 0 Å². The molecule has 5 nitrogen and oxygen atoms in total. The van der Waals surface area contributed by atoms with E-state index in [1.807, 2.05) is 13.0 Å². The molecule has 1 heterocycles. The van der Waals surface area contributed by atoms with E-state index < -0.39 is 30.1 Å². The molecule has 0 bridgehead atoms. The summed E-state index contributed by atoms with van der Waals surface area (Å²) >= 11 is 0. The fourth-order valence-electron chi connectivity index (χ4n) is 2.94. The van der Waals surface area contributed by atoms with Gasteiger partial charge in [0.2, 0.25) is 0 Å². The Kier molecular flexibility index (Phi) is 5.77. The fourth-order valence-corrected chi connectivity index (χ4v) is 2.94. The number of esters is 2. The summed E-state index contributed by atoms with van der Waals surface area (Å²) in [5.74, 6) is -1.48. The molecule has 0 aromatic rings. The van der Waals surface area contributed by atoms with E-state index >= 15 is 0 Å². The first kappa shape index (κ1) is 18.9. The van der Waals surface area contributed by atoms with Gasteiger partial charge in [-0.15, -0.1) is 0 Å². The Morgan fingerprint density at radius 3 is 2.68 bits per heavy atom. The van der Waals surface area contributed by atoms with E-state index in [4.69, 9.17) is 9.47 Å². The molecule has 2 aliphatic rings. The van der Waals surface area contributed by atoms with E-state index in [0.717, 1.165) is 5.57 Å². The van der Waals surface area contributed by atoms with Crippen molar-refractivity contribution in [2.75, 3.05) is 0 Å². The van der Waals surface area contributed by atoms with Crippen molar-refractivity contribution in [2.24, 2.45) is 5.92 Å². The summed E-state index contributed by atoms with van der Waals surface area (Å²) in [6.45, 7) is 10.8. The highest BCUT2D eigenvalue weighted by Crippen LogP contribution is 2.36. The highest BCUT2D eigenvalue weighted by Gasteiger charge is 2.44. The number of fused-ring (bicyclic) bond motifs is 1. The number of carbonyl (C=O) groups excluding carboxylic acids is 3. The van der Waals surface area contributed by atoms with Crippen molar-refractivity contribution in [2.45, 2.75) is 52.7 Å². The lowest BCUT2D eigenvalue weighted by atomic mass is 9.85. The van der Waals surface area contributed by atoms with Crippen molar-refractivity contribution < 1.29 is 23.9 Å². The van der Waals surface area contributed by atoms with E-state index in [1.54, 1.807) is 32.9 Å². The van der Waals surface area contributed by atoms with Gasteiger partial charge in [-0.3, -0.25) is 4.79 Å². The molecule has 0 radical (unpaired) electrons. The van der Waals surface area contributed by atoms with E-state index in [1.165, 1.54) is 0 Å². The molecule has 1 fully saturated rings. The third-order valence-electron chi connectivity index (χ3n) is 4.69. The van der Waals surface area contributed by atoms with E-state index in [2.05, 4.69) is 6.58 Å². The third-order valence-corrected chi connectivity index (χ3v) is 4.69. The first-order valence-corrected chi connectivity index (χ1v) is 8.35. The van der Waals surface area contributed by atoms with Crippen LogP contribution in [-0.2, 0) is 23.9 Å². The monoisotopic (exact) mass is 344 g/mol. The number of rotatable bonds is 2. The summed E-state index contributed by atoms with van der Waals surface area (Å²) < 4.78 is 11.1. The molecule has 3 atom stereocenters. The maximum atomic E-state index is 12.3. The molecule has 2 rings (SSSR count). The van der Waals surface area contributed by atoms with Crippen molar-refractivity contribution >= 4 is 17.7 Å². The van der Waals surface area contributed by atoms with Gasteiger partial charge in [-0.1, -0.05) is 24.3 Å². The van der Waals surface area contributed by atoms with Crippen molar-refractivity contribution in [3.05, 3.63) is 47.1 Å². The first-order valence-electron chi connectivity index (χ1n) is 8.35. The molecule has 0 amide bonds. The lowest BCUT2D eigenvalue weighted by molar-refractivity contribution is -0.147. The second-order valence-corrected chi connectivity index (χ2v) is 6.57. The Bertz CT molecular complexity index is 708. The average molecular weight is 344 g/mol. The van der Waals surface area contributed by atoms with Gasteiger partial charge >= 0.3 is 11.9 Å². The third kappa shape index (κ3) is 4.16. The van der Waals surface area contributed by atoms with Gasteiger partial charge in [0, 0.05) is 24.0 Å². The lowest BCUT2D eigenvalue weighted by Crippen LogP contribution is -2.33. The van der Waals surface area contributed by atoms with Gasteiger partial charge in [-0.25, -0.2) is 9.59 Å². The molecule has 0 saturated carbocycles. The van der Waals surface area contributed by atoms with Crippen LogP contribution in [-0.4, -0.2) is 29.9 Å². The molecule has 1 saturated heterocycles. The predicted octanol–water partition coefficient (Wildman–Crippen LogP) is 3.22. The summed E-state index contributed by atoms with van der Waals surface area (Å²) in [6, 6.07) is 0. The van der Waals surface area contributed by atoms with Crippen LogP contribution in [0.15, 0.2) is 47.1 Å². The van der Waals surface area contributed by atoms with E-state index in [9.17, 15) is 14.4 Å². The molecule has 0 N–H and O–H groups in total. The zero-order valence-electron chi connectivity index (χ0n) is 15.1. The van der Waals surface area contributed by atoms with Gasteiger partial charge in [-0.2, -0.15) is 0 Å². The van der Waals surface area contributed by atoms with Gasteiger partial charge in [0.1, 0.15) is 12.2 Å². The van der Waals surface area contributed by atoms with Gasteiger partial charge in [0.05, 0.1) is 5.92 Å². The normalized spacial score (nSPS) is 32.1. The second kappa shape index (κ2) is 7.64. The Balaban J connectivity index is 2.44. The minimum absolute atomic E-state index is 0.0214. The number of allylic oxidation sites excluding steroid dienone is 3. The summed E-state index contributed by atoms with van der Waals surface area (Å²) in [4.78, 5) is 36.4. The minimum atomic E-state index is -0.654. The van der Waals surface area contributed by atoms with E-state index in [0.29, 0.717) is 17.6 Å². The standard InChI is InChI=1S/C20H24O5/c1-6-12(3)19(22)24-16-9-11(2)7-8-15(21)13(4)10-17-18(16)14(5)20(23)25-17/h6-7,10,16-18H,5,8-9H2,1-4H3/b11-7-,12-6+,13-10-/t16-,17+,18-/m1/s1. The van der Waals surface area contributed by atoms with E-state index in [-0.39, 0.29) is 17.8 Å². The largest absolute Gasteiger partial charge is 0.458 e. The van der Waals surface area contributed by atoms with Gasteiger partial charge < -0.3 is 9.47 Å².